The highest BCUT2D eigenvalue weighted by Crippen LogP contribution is 2.39. The zero-order valence-corrected chi connectivity index (χ0v) is 20.0. The fraction of sp³-hybridized carbons (Fsp3) is 0.0370. The van der Waals surface area contributed by atoms with Gasteiger partial charge in [-0.2, -0.15) is 0 Å². The molecule has 168 valence electrons. The zero-order chi connectivity index (χ0) is 23.7. The summed E-state index contributed by atoms with van der Waals surface area (Å²) in [6.07, 6.45) is 1.61. The van der Waals surface area contributed by atoms with Crippen LogP contribution in [0.5, 0.6) is 5.75 Å². The Balaban J connectivity index is 1.35. The van der Waals surface area contributed by atoms with E-state index in [2.05, 4.69) is 12.1 Å². The van der Waals surface area contributed by atoms with Crippen molar-refractivity contribution in [3.63, 3.8) is 0 Å². The van der Waals surface area contributed by atoms with Crippen LogP contribution in [0.15, 0.2) is 89.8 Å². The van der Waals surface area contributed by atoms with E-state index in [4.69, 9.17) is 27.9 Å². The third-order valence-corrected chi connectivity index (χ3v) is 6.75. The van der Waals surface area contributed by atoms with Crippen LogP contribution in [0.3, 0.4) is 0 Å². The average Bonchev–Trinajstić information content (AvgIpc) is 3.11. The maximum absolute atomic E-state index is 12.8. The smallest absolute Gasteiger partial charge is 0.298 e. The minimum Gasteiger partial charge on any atom is -0.486 e. The van der Waals surface area contributed by atoms with Gasteiger partial charge in [-0.1, -0.05) is 77.8 Å². The van der Waals surface area contributed by atoms with Crippen LogP contribution >= 0.6 is 35.0 Å². The molecule has 1 aliphatic rings. The average molecular weight is 506 g/mol. The Labute approximate surface area is 210 Å². The highest BCUT2D eigenvalue weighted by Gasteiger charge is 2.36. The van der Waals surface area contributed by atoms with Crippen molar-refractivity contribution in [3.8, 4) is 5.75 Å². The number of carbonyl (C=O) groups excluding carboxylic acids is 2. The van der Waals surface area contributed by atoms with Crippen LogP contribution in [0.25, 0.3) is 16.8 Å². The van der Waals surface area contributed by atoms with Gasteiger partial charge in [-0.15, -0.1) is 0 Å². The van der Waals surface area contributed by atoms with E-state index >= 15 is 0 Å². The number of fused-ring (bicyclic) bond motifs is 1. The maximum atomic E-state index is 12.8. The van der Waals surface area contributed by atoms with Gasteiger partial charge in [0.25, 0.3) is 11.1 Å². The lowest BCUT2D eigenvalue weighted by Gasteiger charge is -2.12. The molecule has 4 aromatic carbocycles. The molecule has 0 N–H and O–H groups in total. The molecule has 0 saturated carbocycles. The molecule has 2 amide bonds. The van der Waals surface area contributed by atoms with E-state index in [0.717, 1.165) is 33.0 Å². The van der Waals surface area contributed by atoms with Crippen LogP contribution in [0.1, 0.15) is 11.1 Å². The molecule has 1 aliphatic heterocycles. The summed E-state index contributed by atoms with van der Waals surface area (Å²) in [6.45, 7) is 0.305. The Bertz CT molecular complexity index is 1430. The lowest BCUT2D eigenvalue weighted by atomic mass is 10.1. The predicted octanol–water partition coefficient (Wildman–Crippen LogP) is 7.97. The number of ether oxygens (including phenoxy) is 1. The summed E-state index contributed by atoms with van der Waals surface area (Å²) >= 11 is 13.8. The molecular weight excluding hydrogens is 489 g/mol. The molecule has 7 heteroatoms. The van der Waals surface area contributed by atoms with Crippen molar-refractivity contribution in [2.45, 2.75) is 6.61 Å². The van der Waals surface area contributed by atoms with Gasteiger partial charge >= 0.3 is 0 Å². The first-order valence-corrected chi connectivity index (χ1v) is 12.0. The normalized spacial score (nSPS) is 14.9. The number of nitrogens with zero attached hydrogens (tertiary/aromatic N) is 1. The standard InChI is InChI=1S/C27H17Cl2NO3S/c28-22-13-18(15-24-26(31)30(27(32)34-24)21-8-2-1-3-9-21)14-23(29)25(22)33-16-17-10-11-19-6-4-5-7-20(19)12-17/h1-15H,16H2/b24-15-. The molecule has 0 atom stereocenters. The Morgan fingerprint density at radius 1 is 0.824 bits per heavy atom. The number of thioether (sulfide) groups is 1. The monoisotopic (exact) mass is 505 g/mol. The lowest BCUT2D eigenvalue weighted by Crippen LogP contribution is -2.27. The number of hydrogen-bond donors (Lipinski definition) is 0. The van der Waals surface area contributed by atoms with Gasteiger partial charge in [0.1, 0.15) is 6.61 Å². The number of halogens is 2. The first kappa shape index (κ1) is 22.5. The van der Waals surface area contributed by atoms with Crippen LogP contribution in [0.2, 0.25) is 10.0 Å². The number of amides is 2. The van der Waals surface area contributed by atoms with Gasteiger partial charge in [-0.3, -0.25) is 9.59 Å². The van der Waals surface area contributed by atoms with Crippen molar-refractivity contribution in [2.24, 2.45) is 0 Å². The molecule has 0 radical (unpaired) electrons. The Morgan fingerprint density at radius 2 is 1.50 bits per heavy atom. The van der Waals surface area contributed by atoms with Gasteiger partial charge in [-0.05, 0) is 70.1 Å². The van der Waals surface area contributed by atoms with Crippen molar-refractivity contribution in [1.29, 1.82) is 0 Å². The fourth-order valence-corrected chi connectivity index (χ4v) is 5.16. The second-order valence-corrected chi connectivity index (χ2v) is 9.44. The number of anilines is 1. The van der Waals surface area contributed by atoms with E-state index < -0.39 is 0 Å². The summed E-state index contributed by atoms with van der Waals surface area (Å²) in [5, 5.41) is 2.57. The Kier molecular flexibility index (Phi) is 6.33. The lowest BCUT2D eigenvalue weighted by molar-refractivity contribution is -0.113. The van der Waals surface area contributed by atoms with Crippen LogP contribution in [-0.4, -0.2) is 11.1 Å². The summed E-state index contributed by atoms with van der Waals surface area (Å²) in [6, 6.07) is 26.4. The summed E-state index contributed by atoms with van der Waals surface area (Å²) in [4.78, 5) is 26.7. The zero-order valence-electron chi connectivity index (χ0n) is 17.7. The van der Waals surface area contributed by atoms with E-state index in [1.807, 2.05) is 36.4 Å². The molecule has 4 aromatic rings. The topological polar surface area (TPSA) is 46.6 Å². The molecule has 34 heavy (non-hydrogen) atoms. The SMILES string of the molecule is O=C1S/C(=C\c2cc(Cl)c(OCc3ccc4ccccc4c3)c(Cl)c2)C(=O)N1c1ccccc1. The van der Waals surface area contributed by atoms with Crippen molar-refractivity contribution in [2.75, 3.05) is 4.90 Å². The van der Waals surface area contributed by atoms with E-state index in [-0.39, 0.29) is 11.1 Å². The van der Waals surface area contributed by atoms with Crippen LogP contribution in [0, 0.1) is 0 Å². The van der Waals surface area contributed by atoms with Crippen molar-refractivity contribution < 1.29 is 14.3 Å². The number of benzene rings is 4. The number of rotatable bonds is 5. The van der Waals surface area contributed by atoms with E-state index in [1.165, 1.54) is 0 Å². The largest absolute Gasteiger partial charge is 0.486 e. The number of carbonyl (C=O) groups is 2. The van der Waals surface area contributed by atoms with E-state index in [1.54, 1.807) is 42.5 Å². The van der Waals surface area contributed by atoms with Crippen LogP contribution < -0.4 is 9.64 Å². The summed E-state index contributed by atoms with van der Waals surface area (Å²) in [7, 11) is 0. The summed E-state index contributed by atoms with van der Waals surface area (Å²) in [5.41, 5.74) is 2.12. The summed E-state index contributed by atoms with van der Waals surface area (Å²) < 4.78 is 5.92. The Hall–Kier alpha value is -3.25. The molecule has 0 aliphatic carbocycles. The Morgan fingerprint density at radius 3 is 2.24 bits per heavy atom. The third-order valence-electron chi connectivity index (χ3n) is 5.32. The third kappa shape index (κ3) is 4.55. The maximum Gasteiger partial charge on any atom is 0.298 e. The molecule has 1 fully saturated rings. The van der Waals surface area contributed by atoms with Gasteiger partial charge in [0.05, 0.1) is 20.6 Å². The van der Waals surface area contributed by atoms with Gasteiger partial charge in [-0.25, -0.2) is 4.90 Å². The molecule has 0 spiro atoms. The second-order valence-electron chi connectivity index (χ2n) is 7.64. The van der Waals surface area contributed by atoms with Crippen molar-refractivity contribution in [3.05, 3.63) is 111 Å². The quantitative estimate of drug-likeness (QED) is 0.258. The summed E-state index contributed by atoms with van der Waals surface area (Å²) in [5.74, 6) is -0.0175. The fourth-order valence-electron chi connectivity index (χ4n) is 3.70. The molecule has 1 heterocycles. The molecule has 1 saturated heterocycles. The van der Waals surface area contributed by atoms with E-state index in [9.17, 15) is 9.59 Å². The number of para-hydroxylation sites is 1. The van der Waals surface area contributed by atoms with Crippen molar-refractivity contribution in [1.82, 2.24) is 0 Å². The number of hydrogen-bond acceptors (Lipinski definition) is 4. The van der Waals surface area contributed by atoms with Gasteiger partial charge in [0, 0.05) is 0 Å². The van der Waals surface area contributed by atoms with Crippen molar-refractivity contribution >= 4 is 68.6 Å². The van der Waals surface area contributed by atoms with E-state index in [0.29, 0.717) is 38.6 Å². The van der Waals surface area contributed by atoms with Gasteiger partial charge in [0.2, 0.25) is 0 Å². The van der Waals surface area contributed by atoms with Crippen LogP contribution in [-0.2, 0) is 11.4 Å². The molecule has 4 nitrogen and oxygen atoms in total. The van der Waals surface area contributed by atoms with Gasteiger partial charge in [0.15, 0.2) is 5.75 Å². The molecule has 0 bridgehead atoms. The predicted molar refractivity (Wildman–Crippen MR) is 140 cm³/mol. The van der Waals surface area contributed by atoms with Crippen LogP contribution in [0.4, 0.5) is 10.5 Å². The molecule has 0 aromatic heterocycles. The molecule has 5 rings (SSSR count). The highest BCUT2D eigenvalue weighted by molar-refractivity contribution is 8.19. The minimum absolute atomic E-state index is 0.297. The molecule has 0 unspecified atom stereocenters. The van der Waals surface area contributed by atoms with Gasteiger partial charge < -0.3 is 4.74 Å². The number of imide groups is 1. The first-order valence-electron chi connectivity index (χ1n) is 10.4. The molecular formula is C27H17Cl2NO3S. The highest BCUT2D eigenvalue weighted by atomic mass is 35.5. The first-order chi connectivity index (χ1) is 16.5. The second kappa shape index (κ2) is 9.55. The minimum atomic E-state index is -0.384.